The number of halogens is 2. The molecule has 15 heteroatoms. The number of rotatable bonds is 20. The van der Waals surface area contributed by atoms with E-state index in [-0.39, 0.29) is 19.3 Å². The number of ether oxygens (including phenoxy) is 2. The van der Waals surface area contributed by atoms with Crippen molar-refractivity contribution >= 4 is 35.2 Å². The molecule has 7 N–H and O–H groups in total. The smallest absolute Gasteiger partial charge is 0.323 e. The van der Waals surface area contributed by atoms with Gasteiger partial charge in [-0.25, -0.2) is 4.79 Å². The zero-order valence-electron chi connectivity index (χ0n) is 28.5. The normalized spacial score (nSPS) is 17.1. The number of carboxylic acid groups (broad SMARTS) is 1. The first-order chi connectivity index (χ1) is 24.9. The number of hydrogen-bond donors (Lipinski definition) is 7. The molecule has 13 nitrogen and oxygen atoms in total. The van der Waals surface area contributed by atoms with Crippen molar-refractivity contribution in [3.8, 4) is 16.9 Å². The zero-order valence-corrected chi connectivity index (χ0v) is 30.0. The second-order valence-electron chi connectivity index (χ2n) is 13.3. The molecule has 1 heterocycles. The van der Waals surface area contributed by atoms with Crippen molar-refractivity contribution in [1.29, 1.82) is 0 Å². The summed E-state index contributed by atoms with van der Waals surface area (Å²) in [5, 5.41) is 61.4. The molecular weight excluding hydrogens is 717 g/mol. The fraction of sp³-hybridized carbons (Fsp3) is 0.486. The summed E-state index contributed by atoms with van der Waals surface area (Å²) in [7, 11) is 0. The molecule has 4 unspecified atom stereocenters. The standard InChI is InChI=1S/C37H45Cl2N3O10/c38-28-16-23(21-51-37(11-12-37)27-17-40-13-10-25(27)26-6-1-2-7-32(26)52-24-8-9-24)29(39)15-22(28)5-3-4-14-42(36(50)41-18-33(46)47)19-30(44)34(48)35(49)31(45)20-43/h1-2,6-7,10,13,15-17,24,30-31,34-35,43-45,48-49H,3-5,8-9,11-12,14,18-21H2,(H,41,50)(H,46,47). The van der Waals surface area contributed by atoms with Gasteiger partial charge < -0.3 is 50.3 Å². The Hall–Kier alpha value is -3.53. The summed E-state index contributed by atoms with van der Waals surface area (Å²) < 4.78 is 12.8. The van der Waals surface area contributed by atoms with Gasteiger partial charge in [0.05, 0.1) is 31.5 Å². The average Bonchev–Trinajstić information content (AvgIpc) is 4.09. The van der Waals surface area contributed by atoms with E-state index in [1.807, 2.05) is 30.5 Å². The van der Waals surface area contributed by atoms with E-state index < -0.39 is 61.7 Å². The van der Waals surface area contributed by atoms with Gasteiger partial charge in [-0.15, -0.1) is 0 Å². The minimum absolute atomic E-state index is 0.0563. The van der Waals surface area contributed by atoms with E-state index in [1.54, 1.807) is 18.3 Å². The summed E-state index contributed by atoms with van der Waals surface area (Å²) in [4.78, 5) is 29.2. The van der Waals surface area contributed by atoms with Gasteiger partial charge in [-0.05, 0) is 85.9 Å². The molecule has 282 valence electrons. The maximum Gasteiger partial charge on any atom is 0.323 e. The van der Waals surface area contributed by atoms with Gasteiger partial charge >= 0.3 is 12.0 Å². The van der Waals surface area contributed by atoms with Gasteiger partial charge in [-0.3, -0.25) is 9.78 Å². The van der Waals surface area contributed by atoms with Crippen LogP contribution in [0, 0.1) is 0 Å². The van der Waals surface area contributed by atoms with E-state index in [0.29, 0.717) is 29.3 Å². The Morgan fingerprint density at radius 3 is 2.35 bits per heavy atom. The van der Waals surface area contributed by atoms with Gasteiger partial charge in [0.1, 0.15) is 36.7 Å². The maximum absolute atomic E-state index is 12.7. The van der Waals surface area contributed by atoms with Gasteiger partial charge in [0.25, 0.3) is 0 Å². The lowest BCUT2D eigenvalue weighted by molar-refractivity contribution is -0.135. The third-order valence-corrected chi connectivity index (χ3v) is 9.97. The molecule has 0 aliphatic heterocycles. The van der Waals surface area contributed by atoms with E-state index in [2.05, 4.69) is 16.4 Å². The highest BCUT2D eigenvalue weighted by molar-refractivity contribution is 6.34. The highest BCUT2D eigenvalue weighted by Gasteiger charge is 2.48. The molecular formula is C37H45Cl2N3O10. The van der Waals surface area contributed by atoms with Crippen LogP contribution in [0.3, 0.4) is 0 Å². The van der Waals surface area contributed by atoms with Crippen molar-refractivity contribution in [3.63, 3.8) is 0 Å². The maximum atomic E-state index is 12.7. The van der Waals surface area contributed by atoms with Crippen molar-refractivity contribution < 1.29 is 49.7 Å². The summed E-state index contributed by atoms with van der Waals surface area (Å²) in [6.45, 7) is -1.72. The number of urea groups is 1. The van der Waals surface area contributed by atoms with E-state index in [1.165, 1.54) is 0 Å². The molecule has 0 bridgehead atoms. The number of para-hydroxylation sites is 1. The Morgan fingerprint density at radius 2 is 1.65 bits per heavy atom. The lowest BCUT2D eigenvalue weighted by Gasteiger charge is -2.30. The summed E-state index contributed by atoms with van der Waals surface area (Å²) >= 11 is 13.4. The molecule has 52 heavy (non-hydrogen) atoms. The number of aryl methyl sites for hydroxylation is 1. The topological polar surface area (TPSA) is 202 Å². The fourth-order valence-electron chi connectivity index (χ4n) is 5.96. The number of aliphatic hydroxyl groups excluding tert-OH is 5. The number of hydrogen-bond acceptors (Lipinski definition) is 10. The SMILES string of the molecule is O=C(O)CNC(=O)N(CCCCc1cc(Cl)c(COC2(c3cnccc3-c3ccccc3OC3CC3)CC2)cc1Cl)CC(O)C(O)C(O)C(O)CO. The predicted molar refractivity (Wildman–Crippen MR) is 192 cm³/mol. The molecule has 3 aromatic rings. The largest absolute Gasteiger partial charge is 0.490 e. The van der Waals surface area contributed by atoms with Crippen molar-refractivity contribution in [1.82, 2.24) is 15.2 Å². The van der Waals surface area contributed by atoms with Crippen molar-refractivity contribution in [2.24, 2.45) is 0 Å². The van der Waals surface area contributed by atoms with E-state index in [9.17, 15) is 30.0 Å². The predicted octanol–water partition coefficient (Wildman–Crippen LogP) is 3.66. The molecule has 2 saturated carbocycles. The number of aromatic nitrogens is 1. The molecule has 1 aromatic heterocycles. The van der Waals surface area contributed by atoms with Gasteiger partial charge in [0.15, 0.2) is 0 Å². The molecule has 5 rings (SSSR count). The number of carbonyl (C=O) groups excluding carboxylic acids is 1. The minimum atomic E-state index is -1.88. The Labute approximate surface area is 311 Å². The first-order valence-corrected chi connectivity index (χ1v) is 18.1. The summed E-state index contributed by atoms with van der Waals surface area (Å²) in [5.74, 6) is -0.427. The van der Waals surface area contributed by atoms with Crippen LogP contribution in [0.4, 0.5) is 4.79 Å². The minimum Gasteiger partial charge on any atom is -0.490 e. The number of amides is 2. The summed E-state index contributed by atoms with van der Waals surface area (Å²) in [6, 6.07) is 12.8. The Kier molecular flexibility index (Phi) is 13.7. The molecule has 2 aromatic carbocycles. The number of unbranched alkanes of at least 4 members (excludes halogenated alkanes) is 1. The number of aliphatic hydroxyl groups is 5. The Balaban J connectivity index is 1.19. The molecule has 2 fully saturated rings. The second-order valence-corrected chi connectivity index (χ2v) is 14.1. The molecule has 0 radical (unpaired) electrons. The summed E-state index contributed by atoms with van der Waals surface area (Å²) in [5.41, 5.74) is 4.00. The molecule has 2 aliphatic carbocycles. The molecule has 4 atom stereocenters. The third kappa shape index (κ3) is 10.3. The molecule has 2 amide bonds. The van der Waals surface area contributed by atoms with Crippen LogP contribution in [0.1, 0.15) is 55.2 Å². The van der Waals surface area contributed by atoms with Crippen LogP contribution in [0.25, 0.3) is 11.1 Å². The van der Waals surface area contributed by atoms with Gasteiger partial charge in [-0.2, -0.15) is 0 Å². The van der Waals surface area contributed by atoms with Crippen LogP contribution in [-0.2, 0) is 28.2 Å². The number of carboxylic acids is 1. The molecule has 2 aliphatic rings. The van der Waals surface area contributed by atoms with E-state index in [0.717, 1.165) is 64.1 Å². The van der Waals surface area contributed by atoms with Gasteiger partial charge in [0.2, 0.25) is 0 Å². The number of benzene rings is 2. The van der Waals surface area contributed by atoms with E-state index in [4.69, 9.17) is 42.9 Å². The Bertz CT molecular complexity index is 1690. The van der Waals surface area contributed by atoms with Crippen molar-refractivity contribution in [3.05, 3.63) is 81.6 Å². The van der Waals surface area contributed by atoms with Crippen LogP contribution in [0.2, 0.25) is 10.0 Å². The highest BCUT2D eigenvalue weighted by Crippen LogP contribution is 2.53. The van der Waals surface area contributed by atoms with Crippen LogP contribution >= 0.6 is 23.2 Å². The average molecular weight is 763 g/mol. The highest BCUT2D eigenvalue weighted by atomic mass is 35.5. The lowest BCUT2D eigenvalue weighted by Crippen LogP contribution is -2.52. The van der Waals surface area contributed by atoms with Crippen molar-refractivity contribution in [2.45, 2.75) is 87.7 Å². The number of carbonyl (C=O) groups is 2. The quantitative estimate of drug-likeness (QED) is 0.0829. The molecule has 0 spiro atoms. The number of pyridine rings is 1. The number of nitrogens with one attached hydrogen (secondary N) is 1. The number of aliphatic carboxylic acids is 1. The second kappa shape index (κ2) is 18.0. The van der Waals surface area contributed by atoms with Crippen LogP contribution in [0.15, 0.2) is 54.9 Å². The first-order valence-electron chi connectivity index (χ1n) is 17.3. The monoisotopic (exact) mass is 761 g/mol. The van der Waals surface area contributed by atoms with Gasteiger partial charge in [-0.1, -0.05) is 41.4 Å². The first kappa shape index (κ1) is 39.7. The van der Waals surface area contributed by atoms with E-state index >= 15 is 0 Å². The summed E-state index contributed by atoms with van der Waals surface area (Å²) in [6.07, 6.45) is 1.90. The number of nitrogens with zero attached hydrogens (tertiary/aromatic N) is 2. The van der Waals surface area contributed by atoms with Crippen LogP contribution in [0.5, 0.6) is 5.75 Å². The van der Waals surface area contributed by atoms with Crippen LogP contribution < -0.4 is 10.1 Å². The zero-order chi connectivity index (χ0) is 37.4. The van der Waals surface area contributed by atoms with Crippen LogP contribution in [-0.4, -0.2) is 109 Å². The lowest BCUT2D eigenvalue weighted by atomic mass is 9.96. The van der Waals surface area contributed by atoms with Crippen molar-refractivity contribution in [2.75, 3.05) is 26.2 Å². The Morgan fingerprint density at radius 1 is 0.962 bits per heavy atom. The van der Waals surface area contributed by atoms with Gasteiger partial charge in [0, 0.05) is 40.1 Å². The fourth-order valence-corrected chi connectivity index (χ4v) is 6.48. The third-order valence-electron chi connectivity index (χ3n) is 9.27. The molecule has 0 saturated heterocycles.